The van der Waals surface area contributed by atoms with Crippen LogP contribution in [0, 0.1) is 23.7 Å². The number of amides is 2. The van der Waals surface area contributed by atoms with Crippen LogP contribution in [0.1, 0.15) is 46.5 Å². The molecule has 1 aromatic rings. The van der Waals surface area contributed by atoms with Crippen LogP contribution in [-0.2, 0) is 24.0 Å². The number of urea groups is 1. The minimum atomic E-state index is -0.802. The molecule has 8 nitrogen and oxygen atoms in total. The Morgan fingerprint density at radius 1 is 1.15 bits per heavy atom. The van der Waals surface area contributed by atoms with Crippen LogP contribution in [0.15, 0.2) is 24.3 Å². The van der Waals surface area contributed by atoms with Crippen LogP contribution in [0.5, 0.6) is 0 Å². The van der Waals surface area contributed by atoms with Gasteiger partial charge in [-0.3, -0.25) is 0 Å². The smallest absolute Gasteiger partial charge is 0.319 e. The summed E-state index contributed by atoms with van der Waals surface area (Å²) in [6.45, 7) is 7.03. The molecule has 1 spiro atoms. The first-order valence-corrected chi connectivity index (χ1v) is 12.3. The topological polar surface area (TPSA) is 87.3 Å². The van der Waals surface area contributed by atoms with Crippen molar-refractivity contribution in [1.82, 2.24) is 5.32 Å². The molecule has 182 valence electrons. The minimum Gasteiger partial charge on any atom is -0.350 e. The van der Waals surface area contributed by atoms with Crippen LogP contribution in [0.4, 0.5) is 10.5 Å². The standard InChI is InChI=1S/C24H33ClN2O6/c1-14-4-9-19-15(2)20(29-13-12-26-22(28)27-17-7-5-16(25)6-8-17)30-21-24(19)18(14)10-11-23(3,31-21)32-33-24/h5-8,14-15,18-21H,4,9-13H2,1-3H3,(H2,26,27,28)/t14-,15-,18+,19+,20-,21-,23+,24-/m1/s1. The molecule has 33 heavy (non-hydrogen) atoms. The van der Waals surface area contributed by atoms with Crippen molar-refractivity contribution in [2.75, 3.05) is 18.5 Å². The molecule has 4 heterocycles. The molecule has 1 saturated carbocycles. The monoisotopic (exact) mass is 480 g/mol. The van der Waals surface area contributed by atoms with Crippen molar-refractivity contribution in [3.05, 3.63) is 29.3 Å². The molecule has 9 heteroatoms. The Kier molecular flexibility index (Phi) is 6.35. The molecule has 0 radical (unpaired) electrons. The van der Waals surface area contributed by atoms with E-state index in [1.807, 2.05) is 6.92 Å². The summed E-state index contributed by atoms with van der Waals surface area (Å²) in [4.78, 5) is 24.1. The molecule has 5 aliphatic rings. The van der Waals surface area contributed by atoms with E-state index in [0.29, 0.717) is 35.7 Å². The quantitative estimate of drug-likeness (QED) is 0.469. The van der Waals surface area contributed by atoms with Gasteiger partial charge in [0.15, 0.2) is 18.2 Å². The fourth-order valence-electron chi connectivity index (χ4n) is 6.11. The maximum absolute atomic E-state index is 12.1. The third-order valence-electron chi connectivity index (χ3n) is 7.87. The lowest BCUT2D eigenvalue weighted by Crippen LogP contribution is -2.70. The van der Waals surface area contributed by atoms with Gasteiger partial charge in [0.1, 0.15) is 0 Å². The van der Waals surface area contributed by atoms with Gasteiger partial charge in [-0.15, -0.1) is 0 Å². The molecule has 1 aliphatic carbocycles. The summed E-state index contributed by atoms with van der Waals surface area (Å²) in [7, 11) is 0. The molecule has 4 saturated heterocycles. The first-order valence-electron chi connectivity index (χ1n) is 11.9. The number of carbonyl (C=O) groups is 1. The maximum atomic E-state index is 12.1. The number of rotatable bonds is 5. The Morgan fingerprint density at radius 2 is 1.94 bits per heavy atom. The van der Waals surface area contributed by atoms with E-state index < -0.39 is 24.0 Å². The van der Waals surface area contributed by atoms with E-state index in [1.54, 1.807) is 24.3 Å². The second-order valence-electron chi connectivity index (χ2n) is 10.0. The van der Waals surface area contributed by atoms with Gasteiger partial charge in [-0.05, 0) is 62.3 Å². The van der Waals surface area contributed by atoms with Gasteiger partial charge >= 0.3 is 6.03 Å². The fourth-order valence-corrected chi connectivity index (χ4v) is 6.24. The van der Waals surface area contributed by atoms with E-state index in [4.69, 9.17) is 35.6 Å². The number of halogens is 1. The van der Waals surface area contributed by atoms with Gasteiger partial charge < -0.3 is 24.8 Å². The lowest BCUT2D eigenvalue weighted by molar-refractivity contribution is -0.577. The van der Waals surface area contributed by atoms with E-state index in [0.717, 1.165) is 25.7 Å². The average molecular weight is 481 g/mol. The SMILES string of the molecule is C[C@H]1[C@H](OCCNC(=O)Nc2ccc(Cl)cc2)O[C@@H]2O[C@]3(C)CC[C@H]4[C@H](C)CC[C@@H]1[C@@]24OO3. The summed E-state index contributed by atoms with van der Waals surface area (Å²) < 4.78 is 18.8. The molecule has 5 fully saturated rings. The lowest BCUT2D eigenvalue weighted by Gasteiger charge is -2.60. The van der Waals surface area contributed by atoms with E-state index in [2.05, 4.69) is 24.5 Å². The van der Waals surface area contributed by atoms with Crippen LogP contribution in [-0.4, -0.2) is 43.2 Å². The molecule has 0 unspecified atom stereocenters. The van der Waals surface area contributed by atoms with Gasteiger partial charge in [-0.1, -0.05) is 25.4 Å². The highest BCUT2D eigenvalue weighted by molar-refractivity contribution is 6.30. The predicted molar refractivity (Wildman–Crippen MR) is 121 cm³/mol. The number of fused-ring (bicyclic) bond motifs is 2. The van der Waals surface area contributed by atoms with Crippen LogP contribution < -0.4 is 10.6 Å². The number of ether oxygens (including phenoxy) is 3. The number of hydrogen-bond acceptors (Lipinski definition) is 6. The van der Waals surface area contributed by atoms with Gasteiger partial charge in [-0.25, -0.2) is 14.6 Å². The number of benzene rings is 1. The highest BCUT2D eigenvalue weighted by atomic mass is 35.5. The normalized spacial score (nSPS) is 41.7. The molecule has 1 aromatic carbocycles. The van der Waals surface area contributed by atoms with Crippen molar-refractivity contribution in [2.24, 2.45) is 23.7 Å². The Bertz CT molecular complexity index is 871. The van der Waals surface area contributed by atoms with Crippen molar-refractivity contribution in [3.63, 3.8) is 0 Å². The summed E-state index contributed by atoms with van der Waals surface area (Å²) in [6, 6.07) is 6.64. The van der Waals surface area contributed by atoms with Gasteiger partial charge in [-0.2, -0.15) is 0 Å². The van der Waals surface area contributed by atoms with E-state index in [1.165, 1.54) is 0 Å². The van der Waals surface area contributed by atoms with E-state index in [-0.39, 0.29) is 17.9 Å². The Balaban J connectivity index is 1.19. The number of hydrogen-bond donors (Lipinski definition) is 2. The summed E-state index contributed by atoms with van der Waals surface area (Å²) in [5, 5.41) is 6.20. The van der Waals surface area contributed by atoms with Crippen LogP contribution >= 0.6 is 11.6 Å². The molecular formula is C24H33ClN2O6. The van der Waals surface area contributed by atoms with Crippen LogP contribution in [0.25, 0.3) is 0 Å². The molecule has 4 aliphatic heterocycles. The van der Waals surface area contributed by atoms with Crippen LogP contribution in [0.3, 0.4) is 0 Å². The highest BCUT2D eigenvalue weighted by Crippen LogP contribution is 2.60. The summed E-state index contributed by atoms with van der Waals surface area (Å²) in [6.07, 6.45) is 2.98. The largest absolute Gasteiger partial charge is 0.350 e. The number of nitrogens with one attached hydrogen (secondary N) is 2. The maximum Gasteiger partial charge on any atom is 0.319 e. The van der Waals surface area contributed by atoms with Crippen molar-refractivity contribution >= 4 is 23.3 Å². The van der Waals surface area contributed by atoms with Gasteiger partial charge in [0.25, 0.3) is 0 Å². The predicted octanol–water partition coefficient (Wildman–Crippen LogP) is 4.69. The van der Waals surface area contributed by atoms with Gasteiger partial charge in [0, 0.05) is 35.5 Å². The highest BCUT2D eigenvalue weighted by Gasteiger charge is 2.69. The summed E-state index contributed by atoms with van der Waals surface area (Å²) in [5.41, 5.74) is 0.0774. The second kappa shape index (κ2) is 8.98. The van der Waals surface area contributed by atoms with Crippen molar-refractivity contribution in [1.29, 1.82) is 0 Å². The molecular weight excluding hydrogens is 448 g/mol. The van der Waals surface area contributed by atoms with E-state index >= 15 is 0 Å². The molecule has 6 rings (SSSR count). The molecule has 2 bridgehead atoms. The summed E-state index contributed by atoms with van der Waals surface area (Å²) >= 11 is 5.87. The molecule has 2 amide bonds. The third-order valence-corrected chi connectivity index (χ3v) is 8.12. The Hall–Kier alpha value is -1.42. The zero-order valence-corrected chi connectivity index (χ0v) is 20.1. The average Bonchev–Trinajstić information content (AvgIpc) is 3.02. The van der Waals surface area contributed by atoms with Gasteiger partial charge in [0.05, 0.1) is 6.61 Å². The number of carbonyl (C=O) groups excluding carboxylic acids is 1. The zero-order chi connectivity index (χ0) is 23.2. The third kappa shape index (κ3) is 4.26. The zero-order valence-electron chi connectivity index (χ0n) is 19.3. The number of anilines is 1. The molecule has 2 N–H and O–H groups in total. The minimum absolute atomic E-state index is 0.105. The molecule has 8 atom stereocenters. The first kappa shape index (κ1) is 23.3. The van der Waals surface area contributed by atoms with Crippen LogP contribution in [0.2, 0.25) is 5.02 Å². The van der Waals surface area contributed by atoms with Crippen molar-refractivity contribution < 1.29 is 28.8 Å². The van der Waals surface area contributed by atoms with Crippen molar-refractivity contribution in [2.45, 2.75) is 70.4 Å². The van der Waals surface area contributed by atoms with Gasteiger partial charge in [0.2, 0.25) is 5.79 Å². The Labute approximate surface area is 199 Å². The molecule has 0 aromatic heterocycles. The van der Waals surface area contributed by atoms with Crippen molar-refractivity contribution in [3.8, 4) is 0 Å². The lowest BCUT2D eigenvalue weighted by atomic mass is 9.58. The van der Waals surface area contributed by atoms with E-state index in [9.17, 15) is 4.79 Å². The second-order valence-corrected chi connectivity index (χ2v) is 10.5. The summed E-state index contributed by atoms with van der Waals surface area (Å²) in [5.74, 6) is 0.365. The fraction of sp³-hybridized carbons (Fsp3) is 0.708. The first-order chi connectivity index (χ1) is 15.8. The Morgan fingerprint density at radius 3 is 2.73 bits per heavy atom.